The van der Waals surface area contributed by atoms with E-state index < -0.39 is 0 Å². The van der Waals surface area contributed by atoms with Crippen molar-refractivity contribution in [1.82, 2.24) is 4.57 Å². The summed E-state index contributed by atoms with van der Waals surface area (Å²) in [6.45, 7) is 0. The Labute approximate surface area is 315 Å². The molecule has 0 bridgehead atoms. The maximum absolute atomic E-state index is 2.40. The van der Waals surface area contributed by atoms with E-state index in [1.54, 1.807) is 0 Å². The minimum absolute atomic E-state index is 1.12. The number of rotatable bonds is 7. The lowest BCUT2D eigenvalue weighted by molar-refractivity contribution is 1.18. The largest absolute Gasteiger partial charge is 0.311 e. The Morgan fingerprint density at radius 3 is 1.48 bits per heavy atom. The summed E-state index contributed by atoms with van der Waals surface area (Å²) in [7, 11) is 0. The van der Waals surface area contributed by atoms with E-state index in [2.05, 4.69) is 228 Å². The van der Waals surface area contributed by atoms with Crippen LogP contribution in [0.4, 0.5) is 17.1 Å². The molecule has 54 heavy (non-hydrogen) atoms. The van der Waals surface area contributed by atoms with E-state index >= 15 is 0 Å². The number of benzene rings is 9. The van der Waals surface area contributed by atoms with Crippen LogP contribution in [0, 0.1) is 0 Å². The highest BCUT2D eigenvalue weighted by molar-refractivity contribution is 6.12. The van der Waals surface area contributed by atoms with Crippen molar-refractivity contribution in [3.05, 3.63) is 218 Å². The second kappa shape index (κ2) is 13.4. The molecule has 0 N–H and O–H groups in total. The third-order valence-electron chi connectivity index (χ3n) is 10.6. The van der Waals surface area contributed by atoms with Gasteiger partial charge in [-0.2, -0.15) is 0 Å². The van der Waals surface area contributed by atoms with Crippen molar-refractivity contribution in [3.63, 3.8) is 0 Å². The molecule has 0 aliphatic carbocycles. The molecule has 1 heterocycles. The molecule has 254 valence electrons. The van der Waals surface area contributed by atoms with Gasteiger partial charge in [-0.05, 0) is 111 Å². The first-order valence-electron chi connectivity index (χ1n) is 18.5. The van der Waals surface area contributed by atoms with Gasteiger partial charge in [0.05, 0.1) is 11.0 Å². The highest BCUT2D eigenvalue weighted by Gasteiger charge is 2.17. The van der Waals surface area contributed by atoms with E-state index in [0.717, 1.165) is 22.7 Å². The molecule has 2 nitrogen and oxygen atoms in total. The highest BCUT2D eigenvalue weighted by atomic mass is 15.1. The molecular formula is C52H36N2. The molecule has 10 rings (SSSR count). The second-order valence-corrected chi connectivity index (χ2v) is 13.8. The molecule has 10 aromatic rings. The number of hydrogen-bond acceptors (Lipinski definition) is 1. The Kier molecular flexibility index (Phi) is 7.85. The van der Waals surface area contributed by atoms with Crippen molar-refractivity contribution in [2.45, 2.75) is 0 Å². The van der Waals surface area contributed by atoms with Gasteiger partial charge in [0.2, 0.25) is 0 Å². The van der Waals surface area contributed by atoms with Crippen molar-refractivity contribution in [2.24, 2.45) is 0 Å². The van der Waals surface area contributed by atoms with Gasteiger partial charge in [0.15, 0.2) is 0 Å². The number of aromatic nitrogens is 1. The number of anilines is 3. The Bertz CT molecular complexity index is 2850. The first-order valence-corrected chi connectivity index (χ1v) is 18.5. The topological polar surface area (TPSA) is 8.17 Å². The summed E-state index contributed by atoms with van der Waals surface area (Å²) in [5, 5.41) is 4.98. The molecular weight excluding hydrogens is 653 g/mol. The van der Waals surface area contributed by atoms with Gasteiger partial charge < -0.3 is 9.47 Å². The Morgan fingerprint density at radius 1 is 0.315 bits per heavy atom. The first kappa shape index (κ1) is 31.6. The summed E-state index contributed by atoms with van der Waals surface area (Å²) in [5.74, 6) is 0. The lowest BCUT2D eigenvalue weighted by Gasteiger charge is -2.25. The predicted octanol–water partition coefficient (Wildman–Crippen LogP) is 14.4. The van der Waals surface area contributed by atoms with E-state index in [1.807, 2.05) is 0 Å². The number of hydrogen-bond donors (Lipinski definition) is 0. The first-order chi connectivity index (χ1) is 26.8. The van der Waals surface area contributed by atoms with Crippen molar-refractivity contribution < 1.29 is 0 Å². The molecule has 0 atom stereocenters. The Morgan fingerprint density at radius 2 is 0.815 bits per heavy atom. The van der Waals surface area contributed by atoms with Crippen molar-refractivity contribution >= 4 is 49.6 Å². The average Bonchev–Trinajstić information content (AvgIpc) is 3.58. The van der Waals surface area contributed by atoms with Gasteiger partial charge in [0.25, 0.3) is 0 Å². The van der Waals surface area contributed by atoms with Gasteiger partial charge in [0.1, 0.15) is 0 Å². The minimum atomic E-state index is 1.12. The molecule has 0 unspecified atom stereocenters. The quantitative estimate of drug-likeness (QED) is 0.162. The van der Waals surface area contributed by atoms with Gasteiger partial charge in [-0.25, -0.2) is 0 Å². The lowest BCUT2D eigenvalue weighted by atomic mass is 9.91. The third-order valence-corrected chi connectivity index (χ3v) is 10.6. The smallest absolute Gasteiger partial charge is 0.0541 e. The van der Waals surface area contributed by atoms with Gasteiger partial charge in [0, 0.05) is 33.5 Å². The number of nitrogens with zero attached hydrogens (tertiary/aromatic N) is 2. The third kappa shape index (κ3) is 5.53. The molecule has 0 saturated carbocycles. The normalized spacial score (nSPS) is 11.3. The molecule has 0 aliphatic heterocycles. The van der Waals surface area contributed by atoms with Gasteiger partial charge in [-0.3, -0.25) is 0 Å². The summed E-state index contributed by atoms with van der Waals surface area (Å²) in [5.41, 5.74) is 14.2. The zero-order valence-electron chi connectivity index (χ0n) is 29.7. The fraction of sp³-hybridized carbons (Fsp3) is 0. The predicted molar refractivity (Wildman–Crippen MR) is 229 cm³/mol. The molecule has 9 aromatic carbocycles. The van der Waals surface area contributed by atoms with Crippen LogP contribution in [-0.2, 0) is 0 Å². The van der Waals surface area contributed by atoms with Crippen LogP contribution in [0.25, 0.3) is 71.6 Å². The number of para-hydroxylation sites is 3. The van der Waals surface area contributed by atoms with Gasteiger partial charge in [-0.15, -0.1) is 0 Å². The van der Waals surface area contributed by atoms with Crippen LogP contribution < -0.4 is 4.90 Å². The standard InChI is InChI=1S/C52H36N2/c1-4-14-37(15-5-1)38-26-31-45(32-27-38)54-50-25-11-10-22-48(50)49-36-41(30-35-51(49)54)47-24-13-17-40-16-12-23-46(52(40)47)39-28-33-44(34-29-39)53(42-18-6-2-7-19-42)43-20-8-3-9-21-43/h1-36H. The summed E-state index contributed by atoms with van der Waals surface area (Å²) < 4.78 is 2.40. The summed E-state index contributed by atoms with van der Waals surface area (Å²) in [4.78, 5) is 2.31. The molecule has 1 aromatic heterocycles. The fourth-order valence-electron chi connectivity index (χ4n) is 8.07. The van der Waals surface area contributed by atoms with E-state index in [4.69, 9.17) is 0 Å². The lowest BCUT2D eigenvalue weighted by Crippen LogP contribution is -2.09. The van der Waals surface area contributed by atoms with Crippen LogP contribution in [0.2, 0.25) is 0 Å². The zero-order chi connectivity index (χ0) is 35.8. The van der Waals surface area contributed by atoms with E-state index in [9.17, 15) is 0 Å². The SMILES string of the molecule is c1ccc(-c2ccc(-n3c4ccccc4c4cc(-c5cccc6cccc(-c7ccc(N(c8ccccc8)c8ccccc8)cc7)c56)ccc43)cc2)cc1. The monoisotopic (exact) mass is 688 g/mol. The van der Waals surface area contributed by atoms with E-state index in [1.165, 1.54) is 66.0 Å². The maximum atomic E-state index is 2.40. The summed E-state index contributed by atoms with van der Waals surface area (Å²) in [6, 6.07) is 78.8. The Balaban J connectivity index is 1.07. The van der Waals surface area contributed by atoms with E-state index in [0.29, 0.717) is 0 Å². The van der Waals surface area contributed by atoms with Crippen molar-refractivity contribution in [1.29, 1.82) is 0 Å². The summed E-state index contributed by atoms with van der Waals surface area (Å²) in [6.07, 6.45) is 0. The average molecular weight is 689 g/mol. The van der Waals surface area contributed by atoms with Crippen LogP contribution in [0.1, 0.15) is 0 Å². The number of fused-ring (bicyclic) bond motifs is 4. The molecule has 0 saturated heterocycles. The summed E-state index contributed by atoms with van der Waals surface area (Å²) >= 11 is 0. The van der Waals surface area contributed by atoms with Crippen LogP contribution in [-0.4, -0.2) is 4.57 Å². The van der Waals surface area contributed by atoms with Crippen LogP contribution >= 0.6 is 0 Å². The fourth-order valence-corrected chi connectivity index (χ4v) is 8.07. The van der Waals surface area contributed by atoms with Crippen LogP contribution in [0.3, 0.4) is 0 Å². The van der Waals surface area contributed by atoms with E-state index in [-0.39, 0.29) is 0 Å². The van der Waals surface area contributed by atoms with Crippen molar-refractivity contribution in [2.75, 3.05) is 4.90 Å². The maximum Gasteiger partial charge on any atom is 0.0541 e. The van der Waals surface area contributed by atoms with Crippen molar-refractivity contribution in [3.8, 4) is 39.1 Å². The zero-order valence-corrected chi connectivity index (χ0v) is 29.7. The molecule has 2 heteroatoms. The van der Waals surface area contributed by atoms with Crippen LogP contribution in [0.15, 0.2) is 218 Å². The second-order valence-electron chi connectivity index (χ2n) is 13.8. The van der Waals surface area contributed by atoms with Gasteiger partial charge >= 0.3 is 0 Å². The van der Waals surface area contributed by atoms with Gasteiger partial charge in [-0.1, -0.05) is 152 Å². The molecule has 0 amide bonds. The molecule has 0 aliphatic rings. The Hall–Kier alpha value is -7.16. The highest BCUT2D eigenvalue weighted by Crippen LogP contribution is 2.41. The molecule has 0 fully saturated rings. The minimum Gasteiger partial charge on any atom is -0.311 e. The van der Waals surface area contributed by atoms with Crippen LogP contribution in [0.5, 0.6) is 0 Å². The molecule has 0 spiro atoms. The molecule has 0 radical (unpaired) electrons.